The van der Waals surface area contributed by atoms with Gasteiger partial charge in [0.05, 0.1) is 0 Å². The first-order chi connectivity index (χ1) is 4.70. The first-order valence-electron chi connectivity index (χ1n) is 3.76. The van der Waals surface area contributed by atoms with Crippen molar-refractivity contribution in [3.05, 3.63) is 23.9 Å². The molecule has 0 saturated heterocycles. The summed E-state index contributed by atoms with van der Waals surface area (Å²) >= 11 is 0. The third kappa shape index (κ3) is 1.63. The molecular formula is C9H15N. The smallest absolute Gasteiger partial charge is 0.0358 e. The lowest BCUT2D eigenvalue weighted by Gasteiger charge is -2.27. The minimum atomic E-state index is 1.06. The summed E-state index contributed by atoms with van der Waals surface area (Å²) in [6, 6.07) is 0. The van der Waals surface area contributed by atoms with Crippen LogP contribution in [0.3, 0.4) is 0 Å². The van der Waals surface area contributed by atoms with Gasteiger partial charge in [0.2, 0.25) is 0 Å². The van der Waals surface area contributed by atoms with E-state index in [0.29, 0.717) is 0 Å². The Balaban J connectivity index is 2.50. The van der Waals surface area contributed by atoms with Crippen molar-refractivity contribution in [1.29, 1.82) is 0 Å². The molecule has 0 spiro atoms. The van der Waals surface area contributed by atoms with Gasteiger partial charge in [-0.1, -0.05) is 18.2 Å². The molecule has 0 unspecified atom stereocenters. The zero-order chi connectivity index (χ0) is 7.56. The van der Waals surface area contributed by atoms with Crippen molar-refractivity contribution < 1.29 is 0 Å². The van der Waals surface area contributed by atoms with Gasteiger partial charge < -0.3 is 4.90 Å². The van der Waals surface area contributed by atoms with E-state index in [0.717, 1.165) is 13.1 Å². The molecule has 1 aliphatic heterocycles. The fourth-order valence-electron chi connectivity index (χ4n) is 1.12. The van der Waals surface area contributed by atoms with Crippen LogP contribution in [0.25, 0.3) is 0 Å². The zero-order valence-corrected chi connectivity index (χ0v) is 6.85. The van der Waals surface area contributed by atoms with E-state index in [1.807, 2.05) is 0 Å². The maximum absolute atomic E-state index is 3.90. The third-order valence-electron chi connectivity index (χ3n) is 1.98. The molecule has 0 fully saturated rings. The van der Waals surface area contributed by atoms with Gasteiger partial charge >= 0.3 is 0 Å². The quantitative estimate of drug-likeness (QED) is 0.501. The Morgan fingerprint density at radius 1 is 1.70 bits per heavy atom. The molecule has 0 aromatic heterocycles. The fraction of sp³-hybridized carbons (Fsp3) is 0.556. The molecule has 1 aliphatic rings. The number of hydrogen-bond acceptors (Lipinski definition) is 1. The Morgan fingerprint density at radius 3 is 2.80 bits per heavy atom. The SMILES string of the molecule is C=C(C)N1CC=C(C)CC1. The van der Waals surface area contributed by atoms with E-state index < -0.39 is 0 Å². The number of allylic oxidation sites excluding steroid dienone is 1. The molecular weight excluding hydrogens is 122 g/mol. The first-order valence-corrected chi connectivity index (χ1v) is 3.76. The maximum atomic E-state index is 3.90. The minimum absolute atomic E-state index is 1.06. The van der Waals surface area contributed by atoms with Gasteiger partial charge in [-0.25, -0.2) is 0 Å². The van der Waals surface area contributed by atoms with Crippen molar-refractivity contribution >= 4 is 0 Å². The van der Waals surface area contributed by atoms with Crippen molar-refractivity contribution in [3.63, 3.8) is 0 Å². The average molecular weight is 137 g/mol. The second kappa shape index (κ2) is 2.91. The Labute approximate surface area is 63.0 Å². The molecule has 0 atom stereocenters. The maximum Gasteiger partial charge on any atom is 0.0358 e. The highest BCUT2D eigenvalue weighted by atomic mass is 15.1. The summed E-state index contributed by atoms with van der Waals surface area (Å²) in [7, 11) is 0. The standard InChI is InChI=1S/C9H15N/c1-8(2)10-6-4-9(3)5-7-10/h4H,1,5-7H2,2-3H3. The summed E-state index contributed by atoms with van der Waals surface area (Å²) in [4.78, 5) is 2.30. The van der Waals surface area contributed by atoms with E-state index in [1.165, 1.54) is 17.7 Å². The third-order valence-corrected chi connectivity index (χ3v) is 1.98. The zero-order valence-electron chi connectivity index (χ0n) is 6.85. The lowest BCUT2D eigenvalue weighted by Crippen LogP contribution is -2.25. The Morgan fingerprint density at radius 2 is 2.40 bits per heavy atom. The van der Waals surface area contributed by atoms with Gasteiger partial charge in [-0.15, -0.1) is 0 Å². The van der Waals surface area contributed by atoms with Crippen LogP contribution in [0.1, 0.15) is 20.3 Å². The van der Waals surface area contributed by atoms with Crippen molar-refractivity contribution in [2.75, 3.05) is 13.1 Å². The van der Waals surface area contributed by atoms with Crippen LogP contribution in [0.2, 0.25) is 0 Å². The van der Waals surface area contributed by atoms with Crippen molar-refractivity contribution in [3.8, 4) is 0 Å². The molecule has 56 valence electrons. The lowest BCUT2D eigenvalue weighted by molar-refractivity contribution is 0.371. The van der Waals surface area contributed by atoms with Crippen LogP contribution in [0, 0.1) is 0 Å². The molecule has 0 aromatic carbocycles. The molecule has 0 amide bonds. The van der Waals surface area contributed by atoms with Gasteiger partial charge in [-0.05, 0) is 20.3 Å². The first kappa shape index (κ1) is 7.39. The summed E-state index contributed by atoms with van der Waals surface area (Å²) < 4.78 is 0. The molecule has 1 heteroatoms. The summed E-state index contributed by atoms with van der Waals surface area (Å²) in [5, 5.41) is 0. The summed E-state index contributed by atoms with van der Waals surface area (Å²) in [5.41, 5.74) is 2.70. The Bertz CT molecular complexity index is 168. The van der Waals surface area contributed by atoms with Gasteiger partial charge in [0.25, 0.3) is 0 Å². The second-order valence-corrected chi connectivity index (χ2v) is 2.98. The molecule has 0 aromatic rings. The molecule has 0 bridgehead atoms. The fourth-order valence-corrected chi connectivity index (χ4v) is 1.12. The van der Waals surface area contributed by atoms with E-state index in [2.05, 4.69) is 31.4 Å². The molecule has 1 nitrogen and oxygen atoms in total. The van der Waals surface area contributed by atoms with Crippen LogP contribution < -0.4 is 0 Å². The normalized spacial score (nSPS) is 18.6. The Hall–Kier alpha value is -0.720. The van der Waals surface area contributed by atoms with Crippen molar-refractivity contribution in [2.45, 2.75) is 20.3 Å². The Kier molecular flexibility index (Phi) is 2.15. The van der Waals surface area contributed by atoms with Crippen LogP contribution in [0.5, 0.6) is 0 Å². The van der Waals surface area contributed by atoms with Gasteiger partial charge in [0.15, 0.2) is 0 Å². The highest BCUT2D eigenvalue weighted by Gasteiger charge is 2.06. The van der Waals surface area contributed by atoms with Gasteiger partial charge in [0.1, 0.15) is 0 Å². The number of nitrogens with zero attached hydrogens (tertiary/aromatic N) is 1. The van der Waals surface area contributed by atoms with Crippen molar-refractivity contribution in [2.24, 2.45) is 0 Å². The summed E-state index contributed by atoms with van der Waals surface area (Å²) in [6.07, 6.45) is 3.48. The second-order valence-electron chi connectivity index (χ2n) is 2.98. The topological polar surface area (TPSA) is 3.24 Å². The molecule has 0 aliphatic carbocycles. The largest absolute Gasteiger partial charge is 0.371 e. The molecule has 1 heterocycles. The highest BCUT2D eigenvalue weighted by Crippen LogP contribution is 2.12. The van der Waals surface area contributed by atoms with E-state index in [-0.39, 0.29) is 0 Å². The van der Waals surface area contributed by atoms with Gasteiger partial charge in [-0.3, -0.25) is 0 Å². The predicted octanol–water partition coefficient (Wildman–Crippen LogP) is 2.17. The summed E-state index contributed by atoms with van der Waals surface area (Å²) in [6.45, 7) is 10.4. The summed E-state index contributed by atoms with van der Waals surface area (Å²) in [5.74, 6) is 0. The molecule has 10 heavy (non-hydrogen) atoms. The van der Waals surface area contributed by atoms with E-state index >= 15 is 0 Å². The molecule has 0 saturated carbocycles. The highest BCUT2D eigenvalue weighted by molar-refractivity contribution is 5.07. The lowest BCUT2D eigenvalue weighted by atomic mass is 10.1. The van der Waals surface area contributed by atoms with E-state index in [1.54, 1.807) is 0 Å². The van der Waals surface area contributed by atoms with E-state index in [4.69, 9.17) is 0 Å². The van der Waals surface area contributed by atoms with Crippen LogP contribution in [-0.4, -0.2) is 18.0 Å². The van der Waals surface area contributed by atoms with Crippen LogP contribution in [0.4, 0.5) is 0 Å². The molecule has 0 N–H and O–H groups in total. The average Bonchev–Trinajstić information content (AvgIpc) is 1.88. The van der Waals surface area contributed by atoms with E-state index in [9.17, 15) is 0 Å². The molecule has 1 rings (SSSR count). The monoisotopic (exact) mass is 137 g/mol. The number of rotatable bonds is 1. The van der Waals surface area contributed by atoms with Gasteiger partial charge in [0, 0.05) is 18.8 Å². The van der Waals surface area contributed by atoms with Crippen LogP contribution in [-0.2, 0) is 0 Å². The predicted molar refractivity (Wildman–Crippen MR) is 44.8 cm³/mol. The van der Waals surface area contributed by atoms with Gasteiger partial charge in [-0.2, -0.15) is 0 Å². The number of hydrogen-bond donors (Lipinski definition) is 0. The van der Waals surface area contributed by atoms with Crippen molar-refractivity contribution in [1.82, 2.24) is 4.90 Å². The molecule has 0 radical (unpaired) electrons. The van der Waals surface area contributed by atoms with Crippen LogP contribution >= 0.6 is 0 Å². The minimum Gasteiger partial charge on any atom is -0.371 e. The van der Waals surface area contributed by atoms with Crippen LogP contribution in [0.15, 0.2) is 23.9 Å².